The quantitative estimate of drug-likeness (QED) is 0.787. The van der Waals surface area contributed by atoms with Gasteiger partial charge in [-0.1, -0.05) is 36.4 Å². The van der Waals surface area contributed by atoms with Crippen molar-refractivity contribution in [2.75, 3.05) is 6.61 Å². The zero-order chi connectivity index (χ0) is 13.2. The van der Waals surface area contributed by atoms with Crippen LogP contribution in [-0.4, -0.2) is 28.8 Å². The van der Waals surface area contributed by atoms with Gasteiger partial charge in [0.2, 0.25) is 5.88 Å². The molecule has 1 aromatic carbocycles. The minimum Gasteiger partial charge on any atom is -0.478 e. The van der Waals surface area contributed by atoms with Gasteiger partial charge in [-0.25, -0.2) is 4.98 Å². The van der Waals surface area contributed by atoms with Gasteiger partial charge in [0.1, 0.15) is 0 Å². The molecule has 0 saturated carbocycles. The topological polar surface area (TPSA) is 62.6 Å². The molecule has 4 nitrogen and oxygen atoms in total. The Morgan fingerprint density at radius 1 is 1.06 bits per heavy atom. The average Bonchev–Trinajstić information content (AvgIpc) is 2.42. The smallest absolute Gasteiger partial charge is 0.478 e. The number of aromatic nitrogens is 1. The van der Waals surface area contributed by atoms with E-state index < -0.39 is 7.12 Å². The number of benzene rings is 1. The molecule has 2 aromatic rings. The monoisotopic (exact) mass is 245 g/mol. The minimum atomic E-state index is -1.34. The Bertz CT molecular complexity index is 423. The van der Waals surface area contributed by atoms with Crippen LogP contribution in [0.3, 0.4) is 0 Å². The SMILES string of the molecule is CCOc1ccccn1.OB(O)c1ccccc1. The summed E-state index contributed by atoms with van der Waals surface area (Å²) in [7, 11) is -1.34. The van der Waals surface area contributed by atoms with Crippen LogP contribution >= 0.6 is 0 Å². The van der Waals surface area contributed by atoms with E-state index in [1.165, 1.54) is 0 Å². The molecule has 0 unspecified atom stereocenters. The first-order valence-electron chi connectivity index (χ1n) is 5.69. The summed E-state index contributed by atoms with van der Waals surface area (Å²) in [5.74, 6) is 0.694. The molecule has 2 N–H and O–H groups in total. The molecule has 0 amide bonds. The van der Waals surface area contributed by atoms with Crippen molar-refractivity contribution >= 4 is 12.6 Å². The Morgan fingerprint density at radius 3 is 2.17 bits per heavy atom. The summed E-state index contributed by atoms with van der Waals surface area (Å²) in [6, 6.07) is 14.3. The van der Waals surface area contributed by atoms with Crippen molar-refractivity contribution in [1.29, 1.82) is 0 Å². The van der Waals surface area contributed by atoms with Crippen molar-refractivity contribution in [2.45, 2.75) is 6.92 Å². The van der Waals surface area contributed by atoms with E-state index in [4.69, 9.17) is 14.8 Å². The standard InChI is InChI=1S/C7H9NO.C6H7BO2/c1-2-9-7-5-3-4-6-8-7;8-7(9)6-4-2-1-3-5-6/h3-6H,2H2,1H3;1-5,8-9H. The fourth-order valence-corrected chi connectivity index (χ4v) is 1.21. The second kappa shape index (κ2) is 8.28. The zero-order valence-electron chi connectivity index (χ0n) is 10.2. The van der Waals surface area contributed by atoms with Crippen molar-refractivity contribution in [3.63, 3.8) is 0 Å². The Morgan fingerprint density at radius 2 is 1.72 bits per heavy atom. The third-order valence-corrected chi connectivity index (χ3v) is 2.03. The molecule has 1 aromatic heterocycles. The van der Waals surface area contributed by atoms with E-state index in [1.807, 2.05) is 31.2 Å². The number of hydrogen-bond donors (Lipinski definition) is 2. The predicted molar refractivity (Wildman–Crippen MR) is 71.7 cm³/mol. The van der Waals surface area contributed by atoms with Crippen LogP contribution in [0.25, 0.3) is 0 Å². The number of pyridine rings is 1. The van der Waals surface area contributed by atoms with Gasteiger partial charge in [-0.3, -0.25) is 0 Å². The maximum Gasteiger partial charge on any atom is 0.488 e. The van der Waals surface area contributed by atoms with E-state index in [1.54, 1.807) is 30.5 Å². The van der Waals surface area contributed by atoms with Crippen LogP contribution in [0, 0.1) is 0 Å². The molecule has 0 spiro atoms. The molecule has 0 atom stereocenters. The molecular weight excluding hydrogens is 229 g/mol. The van der Waals surface area contributed by atoms with E-state index in [2.05, 4.69) is 4.98 Å². The van der Waals surface area contributed by atoms with Gasteiger partial charge < -0.3 is 14.8 Å². The molecule has 5 heteroatoms. The third-order valence-electron chi connectivity index (χ3n) is 2.03. The first-order valence-corrected chi connectivity index (χ1v) is 5.69. The van der Waals surface area contributed by atoms with Crippen molar-refractivity contribution in [2.24, 2.45) is 0 Å². The van der Waals surface area contributed by atoms with Gasteiger partial charge in [0.05, 0.1) is 6.61 Å². The number of rotatable bonds is 3. The average molecular weight is 245 g/mol. The summed E-state index contributed by atoms with van der Waals surface area (Å²) in [6.45, 7) is 2.62. The molecule has 0 aliphatic carbocycles. The van der Waals surface area contributed by atoms with Gasteiger partial charge in [0.15, 0.2) is 0 Å². The van der Waals surface area contributed by atoms with Gasteiger partial charge in [0, 0.05) is 12.3 Å². The van der Waals surface area contributed by atoms with Gasteiger partial charge in [-0.15, -0.1) is 0 Å². The van der Waals surface area contributed by atoms with Gasteiger partial charge in [-0.2, -0.15) is 0 Å². The molecule has 0 bridgehead atoms. The zero-order valence-corrected chi connectivity index (χ0v) is 10.2. The van der Waals surface area contributed by atoms with Crippen molar-refractivity contribution in [1.82, 2.24) is 4.98 Å². The summed E-state index contributed by atoms with van der Waals surface area (Å²) in [5.41, 5.74) is 0.525. The van der Waals surface area contributed by atoms with Crippen LogP contribution in [0.4, 0.5) is 0 Å². The molecule has 0 aliphatic heterocycles. The molecule has 0 aliphatic rings. The maximum absolute atomic E-state index is 8.58. The van der Waals surface area contributed by atoms with Crippen LogP contribution in [-0.2, 0) is 0 Å². The second-order valence-electron chi connectivity index (χ2n) is 3.39. The van der Waals surface area contributed by atoms with Gasteiger partial charge in [0.25, 0.3) is 0 Å². The largest absolute Gasteiger partial charge is 0.488 e. The van der Waals surface area contributed by atoms with E-state index >= 15 is 0 Å². The fraction of sp³-hybridized carbons (Fsp3) is 0.154. The lowest BCUT2D eigenvalue weighted by Gasteiger charge is -1.97. The van der Waals surface area contributed by atoms with E-state index in [9.17, 15) is 0 Å². The normalized spacial score (nSPS) is 9.06. The molecule has 2 rings (SSSR count). The summed E-state index contributed by atoms with van der Waals surface area (Å²) in [6.07, 6.45) is 1.71. The molecular formula is C13H16BNO3. The van der Waals surface area contributed by atoms with Crippen LogP contribution in [0.15, 0.2) is 54.7 Å². The lowest BCUT2D eigenvalue weighted by atomic mass is 9.81. The van der Waals surface area contributed by atoms with Crippen molar-refractivity contribution < 1.29 is 14.8 Å². The molecule has 18 heavy (non-hydrogen) atoms. The van der Waals surface area contributed by atoms with E-state index in [0.29, 0.717) is 17.9 Å². The molecule has 94 valence electrons. The first kappa shape index (κ1) is 14.2. The lowest BCUT2D eigenvalue weighted by Crippen LogP contribution is -2.29. The summed E-state index contributed by atoms with van der Waals surface area (Å²) in [5, 5.41) is 17.2. The van der Waals surface area contributed by atoms with Gasteiger partial charge in [-0.05, 0) is 18.5 Å². The summed E-state index contributed by atoms with van der Waals surface area (Å²) >= 11 is 0. The molecule has 1 heterocycles. The molecule has 0 saturated heterocycles. The molecule has 0 radical (unpaired) electrons. The predicted octanol–water partition coefficient (Wildman–Crippen LogP) is 0.847. The Kier molecular flexibility index (Phi) is 6.54. The van der Waals surface area contributed by atoms with Crippen LogP contribution < -0.4 is 10.2 Å². The Labute approximate surface area is 107 Å². The fourth-order valence-electron chi connectivity index (χ4n) is 1.21. The van der Waals surface area contributed by atoms with Crippen LogP contribution in [0.1, 0.15) is 6.92 Å². The highest BCUT2D eigenvalue weighted by molar-refractivity contribution is 6.58. The van der Waals surface area contributed by atoms with Crippen molar-refractivity contribution in [3.05, 3.63) is 54.7 Å². The highest BCUT2D eigenvalue weighted by Gasteiger charge is 2.07. The van der Waals surface area contributed by atoms with E-state index in [-0.39, 0.29) is 0 Å². The van der Waals surface area contributed by atoms with Gasteiger partial charge >= 0.3 is 7.12 Å². The third kappa shape index (κ3) is 5.47. The first-order chi connectivity index (χ1) is 8.74. The Hall–Kier alpha value is -1.85. The molecule has 0 fully saturated rings. The highest BCUT2D eigenvalue weighted by Crippen LogP contribution is 2.01. The lowest BCUT2D eigenvalue weighted by molar-refractivity contribution is 0.327. The highest BCUT2D eigenvalue weighted by atomic mass is 16.5. The number of nitrogens with zero attached hydrogens (tertiary/aromatic N) is 1. The van der Waals surface area contributed by atoms with Crippen LogP contribution in [0.2, 0.25) is 0 Å². The number of ether oxygens (including phenoxy) is 1. The summed E-state index contributed by atoms with van der Waals surface area (Å²) < 4.78 is 5.09. The van der Waals surface area contributed by atoms with Crippen molar-refractivity contribution in [3.8, 4) is 5.88 Å². The van der Waals surface area contributed by atoms with Crippen LogP contribution in [0.5, 0.6) is 5.88 Å². The summed E-state index contributed by atoms with van der Waals surface area (Å²) in [4.78, 5) is 3.95. The maximum atomic E-state index is 8.58. The Balaban J connectivity index is 0.000000180. The minimum absolute atomic E-state index is 0.525. The van der Waals surface area contributed by atoms with E-state index in [0.717, 1.165) is 0 Å². The number of hydrogen-bond acceptors (Lipinski definition) is 4. The second-order valence-corrected chi connectivity index (χ2v) is 3.39.